The van der Waals surface area contributed by atoms with Crippen LogP contribution in [0.3, 0.4) is 0 Å². The molecule has 0 spiro atoms. The molecule has 14 rings (SSSR count). The van der Waals surface area contributed by atoms with Crippen molar-refractivity contribution in [1.29, 1.82) is 0 Å². The molecule has 0 atom stereocenters. The second-order valence-corrected chi connectivity index (χ2v) is 17.2. The Morgan fingerprint density at radius 1 is 0.390 bits per heavy atom. The topological polar surface area (TPSA) is 9.23 Å². The van der Waals surface area contributed by atoms with E-state index in [1.54, 1.807) is 64.6 Å². The van der Waals surface area contributed by atoms with Gasteiger partial charge in [0.2, 0.25) is 0 Å². The standard InChI is InChI=1S/C38H44Br2O/c1-41-38(34-26-18-2-10-22(11-3-18)30(26)36(39)31-23-12-4-19(5-13-23)27(31)34)35-28-20-6-14-24(15-7-20)32(28)37(40)33-25-16-8-21(9-17-25)29(33)35/h18-25,38H,2-17H2,1H3. The molecule has 12 aliphatic carbocycles. The van der Waals surface area contributed by atoms with Gasteiger partial charge in [-0.25, -0.2) is 0 Å². The molecule has 3 heteroatoms. The van der Waals surface area contributed by atoms with Crippen LogP contribution in [0.2, 0.25) is 0 Å². The average molecular weight is 677 g/mol. The van der Waals surface area contributed by atoms with Crippen molar-refractivity contribution in [2.45, 2.75) is 156 Å². The van der Waals surface area contributed by atoms with E-state index in [2.05, 4.69) is 39.0 Å². The average Bonchev–Trinajstić information content (AvgIpc) is 3.05. The molecule has 0 amide bonds. The first kappa shape index (κ1) is 25.7. The summed E-state index contributed by atoms with van der Waals surface area (Å²) in [5.74, 6) is 5.97. The van der Waals surface area contributed by atoms with Crippen molar-refractivity contribution in [2.75, 3.05) is 7.11 Å². The second-order valence-electron chi connectivity index (χ2n) is 15.6. The minimum absolute atomic E-state index is 0.124. The van der Waals surface area contributed by atoms with Crippen LogP contribution >= 0.6 is 31.9 Å². The van der Waals surface area contributed by atoms with E-state index in [1.165, 1.54) is 103 Å². The molecule has 4 saturated carbocycles. The SMILES string of the molecule is COC(c1c2c(c(Br)c3c1C1CCC3CC1)C1CCC2CC1)c1c2c(c(Br)c3c1C1CCC3CC1)C1CCC2CC1. The van der Waals surface area contributed by atoms with Gasteiger partial charge in [0, 0.05) is 16.1 Å². The van der Waals surface area contributed by atoms with Gasteiger partial charge < -0.3 is 4.74 Å². The molecule has 12 aliphatic rings. The number of benzene rings is 2. The molecule has 0 heterocycles. The molecular formula is C38H44Br2O. The zero-order valence-electron chi connectivity index (χ0n) is 24.7. The summed E-state index contributed by atoms with van der Waals surface area (Å²) in [6, 6.07) is 0. The zero-order valence-corrected chi connectivity index (χ0v) is 27.8. The van der Waals surface area contributed by atoms with Crippen LogP contribution in [0.25, 0.3) is 0 Å². The van der Waals surface area contributed by atoms with Crippen LogP contribution in [-0.2, 0) is 4.74 Å². The zero-order chi connectivity index (χ0) is 27.1. The Morgan fingerprint density at radius 2 is 0.585 bits per heavy atom. The van der Waals surface area contributed by atoms with E-state index >= 15 is 0 Å². The first-order valence-electron chi connectivity index (χ1n) is 17.4. The number of ether oxygens (including phenoxy) is 1. The van der Waals surface area contributed by atoms with Crippen LogP contribution in [0.15, 0.2) is 8.95 Å². The third kappa shape index (κ3) is 3.28. The summed E-state index contributed by atoms with van der Waals surface area (Å²) in [7, 11) is 2.09. The highest BCUT2D eigenvalue weighted by Crippen LogP contribution is 2.66. The first-order chi connectivity index (χ1) is 20.1. The van der Waals surface area contributed by atoms with E-state index in [1.807, 2.05) is 0 Å². The second kappa shape index (κ2) is 9.20. The van der Waals surface area contributed by atoms with Gasteiger partial charge >= 0.3 is 0 Å². The smallest absolute Gasteiger partial charge is 0.108 e. The molecule has 0 aromatic heterocycles. The Labute approximate surface area is 263 Å². The lowest BCUT2D eigenvalue weighted by atomic mass is 9.56. The number of fused-ring (bicyclic) bond motifs is 8. The molecule has 2 aromatic carbocycles. The highest BCUT2D eigenvalue weighted by atomic mass is 79.9. The first-order valence-corrected chi connectivity index (χ1v) is 19.0. The molecular weight excluding hydrogens is 632 g/mol. The molecule has 0 saturated heterocycles. The summed E-state index contributed by atoms with van der Waals surface area (Å²) in [6.07, 6.45) is 22.5. The van der Waals surface area contributed by atoms with E-state index < -0.39 is 0 Å². The Balaban J connectivity index is 1.32. The Hall–Kier alpha value is -0.640. The van der Waals surface area contributed by atoms with Crippen LogP contribution in [0, 0.1) is 0 Å². The van der Waals surface area contributed by atoms with Gasteiger partial charge in [-0.05, 0) is 206 Å². The molecule has 0 N–H and O–H groups in total. The third-order valence-electron chi connectivity index (χ3n) is 14.2. The minimum atomic E-state index is 0.124. The summed E-state index contributed by atoms with van der Waals surface area (Å²) in [5.41, 5.74) is 17.6. The highest BCUT2D eigenvalue weighted by Gasteiger charge is 2.49. The number of rotatable bonds is 3. The summed E-state index contributed by atoms with van der Waals surface area (Å²) >= 11 is 8.71. The molecule has 41 heavy (non-hydrogen) atoms. The molecule has 216 valence electrons. The van der Waals surface area contributed by atoms with Crippen molar-refractivity contribution in [1.82, 2.24) is 0 Å². The van der Waals surface area contributed by atoms with Gasteiger partial charge in [-0.15, -0.1) is 0 Å². The lowest BCUT2D eigenvalue weighted by Crippen LogP contribution is -2.34. The Bertz CT molecular complexity index is 1250. The maximum Gasteiger partial charge on any atom is 0.108 e. The van der Waals surface area contributed by atoms with Crippen molar-refractivity contribution in [2.24, 2.45) is 0 Å². The van der Waals surface area contributed by atoms with Gasteiger partial charge in [0.1, 0.15) is 6.10 Å². The number of methoxy groups -OCH3 is 1. The van der Waals surface area contributed by atoms with Crippen molar-refractivity contribution < 1.29 is 4.74 Å². The number of hydrogen-bond acceptors (Lipinski definition) is 1. The summed E-state index contributed by atoms with van der Waals surface area (Å²) < 4.78 is 10.2. The van der Waals surface area contributed by atoms with E-state index in [4.69, 9.17) is 4.74 Å². The van der Waals surface area contributed by atoms with Gasteiger partial charge in [-0.1, -0.05) is 31.9 Å². The summed E-state index contributed by atoms with van der Waals surface area (Å²) in [5, 5.41) is 0. The fraction of sp³-hybridized carbons (Fsp3) is 0.684. The van der Waals surface area contributed by atoms with Gasteiger partial charge in [0.15, 0.2) is 0 Å². The van der Waals surface area contributed by atoms with Gasteiger partial charge in [0.05, 0.1) is 0 Å². The van der Waals surface area contributed by atoms with E-state index in [0.717, 1.165) is 47.3 Å². The van der Waals surface area contributed by atoms with Crippen molar-refractivity contribution in [3.8, 4) is 0 Å². The molecule has 1 nitrogen and oxygen atoms in total. The van der Waals surface area contributed by atoms with Crippen LogP contribution < -0.4 is 0 Å². The van der Waals surface area contributed by atoms with Crippen LogP contribution in [0.5, 0.6) is 0 Å². The van der Waals surface area contributed by atoms with E-state index in [9.17, 15) is 0 Å². The van der Waals surface area contributed by atoms with Crippen molar-refractivity contribution >= 4 is 31.9 Å². The fourth-order valence-corrected chi connectivity index (χ4v) is 14.8. The molecule has 8 bridgehead atoms. The molecule has 4 fully saturated rings. The Kier molecular flexibility index (Phi) is 5.76. The normalized spacial score (nSPS) is 37.5. The molecule has 0 radical (unpaired) electrons. The molecule has 2 aromatic rings. The van der Waals surface area contributed by atoms with E-state index in [0.29, 0.717) is 0 Å². The van der Waals surface area contributed by atoms with Crippen molar-refractivity contribution in [3.63, 3.8) is 0 Å². The van der Waals surface area contributed by atoms with E-state index in [-0.39, 0.29) is 6.10 Å². The maximum absolute atomic E-state index is 7.07. The summed E-state index contributed by atoms with van der Waals surface area (Å²) in [6.45, 7) is 0. The van der Waals surface area contributed by atoms with Crippen molar-refractivity contribution in [3.05, 3.63) is 64.6 Å². The van der Waals surface area contributed by atoms with Crippen LogP contribution in [-0.4, -0.2) is 7.11 Å². The lowest BCUT2D eigenvalue weighted by Gasteiger charge is -2.50. The third-order valence-corrected chi connectivity index (χ3v) is 15.9. The van der Waals surface area contributed by atoms with Gasteiger partial charge in [0.25, 0.3) is 0 Å². The predicted octanol–water partition coefficient (Wildman–Crippen LogP) is 12.0. The highest BCUT2D eigenvalue weighted by molar-refractivity contribution is 9.11. The van der Waals surface area contributed by atoms with Gasteiger partial charge in [-0.3, -0.25) is 0 Å². The minimum Gasteiger partial charge on any atom is -0.372 e. The molecule has 0 aliphatic heterocycles. The quantitative estimate of drug-likeness (QED) is 0.314. The van der Waals surface area contributed by atoms with Crippen LogP contribution in [0.4, 0.5) is 0 Å². The fourth-order valence-electron chi connectivity index (χ4n) is 12.6. The number of hydrogen-bond donors (Lipinski definition) is 0. The summed E-state index contributed by atoms with van der Waals surface area (Å²) in [4.78, 5) is 0. The maximum atomic E-state index is 7.07. The van der Waals surface area contributed by atoms with Crippen LogP contribution in [0.1, 0.15) is 212 Å². The predicted molar refractivity (Wildman–Crippen MR) is 173 cm³/mol. The molecule has 0 unspecified atom stereocenters. The largest absolute Gasteiger partial charge is 0.372 e. The number of halogens is 2. The van der Waals surface area contributed by atoms with Gasteiger partial charge in [-0.2, -0.15) is 0 Å². The lowest BCUT2D eigenvalue weighted by molar-refractivity contribution is 0.127. The monoisotopic (exact) mass is 674 g/mol. The Morgan fingerprint density at radius 3 is 0.780 bits per heavy atom.